The summed E-state index contributed by atoms with van der Waals surface area (Å²) in [5, 5.41) is 9.03. The maximum atomic E-state index is 9.03. The Labute approximate surface area is 89.6 Å². The monoisotopic (exact) mass is 212 g/mol. The Morgan fingerprint density at radius 2 is 2.07 bits per heavy atom. The Hall–Kier alpha value is -0.485. The zero-order valence-corrected chi connectivity index (χ0v) is 8.74. The number of thioether (sulfide) groups is 1. The number of hydrogen-bond donors (Lipinski definition) is 1. The van der Waals surface area contributed by atoms with Crippen LogP contribution in [0, 0.1) is 0 Å². The van der Waals surface area contributed by atoms with Crippen molar-refractivity contribution in [2.24, 2.45) is 0 Å². The Balaban J connectivity index is 0. The molecule has 0 aromatic heterocycles. The van der Waals surface area contributed by atoms with Gasteiger partial charge in [0.15, 0.2) is 0 Å². The van der Waals surface area contributed by atoms with E-state index in [-0.39, 0.29) is 17.1 Å². The van der Waals surface area contributed by atoms with Crippen LogP contribution in [0.2, 0.25) is 0 Å². The van der Waals surface area contributed by atoms with Gasteiger partial charge in [-0.15, -0.1) is 0 Å². The van der Waals surface area contributed by atoms with Crippen LogP contribution in [0.25, 0.3) is 0 Å². The topological polar surface area (TPSA) is 80.2 Å². The molecule has 1 aromatic carbocycles. The van der Waals surface area contributed by atoms with Gasteiger partial charge in [0, 0.05) is 0 Å². The van der Waals surface area contributed by atoms with E-state index in [2.05, 4.69) is 0 Å². The number of aliphatic hydroxyl groups is 1. The van der Waals surface area contributed by atoms with Crippen molar-refractivity contribution in [1.82, 2.24) is 0 Å². The summed E-state index contributed by atoms with van der Waals surface area (Å²) in [6, 6.07) is 7.67. The molecule has 1 aromatic rings. The van der Waals surface area contributed by atoms with E-state index >= 15 is 0 Å². The molecule has 0 aliphatic heterocycles. The van der Waals surface area contributed by atoms with Gasteiger partial charge >= 0.3 is 78.1 Å². The number of hydrogen-bond acceptors (Lipinski definition) is 4. The molecule has 0 aliphatic carbocycles. The molecule has 14 heavy (non-hydrogen) atoms. The predicted octanol–water partition coefficient (Wildman–Crippen LogP) is 0.600. The zero-order chi connectivity index (χ0) is 8.97. The van der Waals surface area contributed by atoms with Crippen LogP contribution in [0.1, 0.15) is 6.92 Å². The molecular weight excluding hydrogens is 199 g/mol. The number of aliphatic hydroxyl groups excluding tert-OH is 1. The van der Waals surface area contributed by atoms with E-state index in [4.69, 9.17) is 13.0 Å². The fraction of sp³-hybridized carbons (Fsp3) is 0.333. The predicted molar refractivity (Wildman–Crippen MR) is 58.1 cm³/mol. The van der Waals surface area contributed by atoms with Gasteiger partial charge in [0.25, 0.3) is 0 Å². The molecule has 3 nitrogen and oxygen atoms in total. The summed E-state index contributed by atoms with van der Waals surface area (Å²) in [6.07, 6.45) is -0.267. The second-order valence-corrected chi connectivity index (χ2v) is 3.83. The molecule has 3 N–H and O–H groups in total. The molecule has 1 atom stereocenters. The molecule has 0 saturated heterocycles. The first-order valence-corrected chi connectivity index (χ1v) is 4.83. The van der Waals surface area contributed by atoms with Crippen molar-refractivity contribution in [2.75, 3.05) is 5.75 Å². The van der Waals surface area contributed by atoms with E-state index in [1.807, 2.05) is 24.3 Å². The molecule has 1 rings (SSSR count). The quantitative estimate of drug-likeness (QED) is 0.587. The molecule has 0 spiro atoms. The van der Waals surface area contributed by atoms with E-state index in [9.17, 15) is 0 Å². The molecule has 0 radical (unpaired) electrons. The van der Waals surface area contributed by atoms with Crippen LogP contribution < -0.4 is 5.46 Å². The first-order chi connectivity index (χ1) is 5.68. The van der Waals surface area contributed by atoms with Crippen molar-refractivity contribution in [3.05, 3.63) is 24.3 Å². The van der Waals surface area contributed by atoms with Gasteiger partial charge in [-0.05, 0) is 0 Å². The van der Waals surface area contributed by atoms with Gasteiger partial charge in [-0.25, -0.2) is 0 Å². The second-order valence-electron chi connectivity index (χ2n) is 2.73. The second kappa shape index (κ2) is 7.88. The molecule has 76 valence electrons. The SMILES string of the molecule is [B+2]c1cccc(SCC(C)O)c1.[OH-].[OH-]. The third kappa shape index (κ3) is 6.04. The third-order valence-electron chi connectivity index (χ3n) is 1.35. The van der Waals surface area contributed by atoms with Gasteiger partial charge in [-0.1, -0.05) is 0 Å². The summed E-state index contributed by atoms with van der Waals surface area (Å²) in [4.78, 5) is 1.11. The smallest absolute Gasteiger partial charge is 0.870 e. The van der Waals surface area contributed by atoms with E-state index in [0.717, 1.165) is 10.4 Å². The van der Waals surface area contributed by atoms with Crippen molar-refractivity contribution in [1.29, 1.82) is 0 Å². The number of benzene rings is 1. The van der Waals surface area contributed by atoms with Crippen LogP contribution >= 0.6 is 11.8 Å². The minimum Gasteiger partial charge on any atom is -0.870 e. The fourth-order valence-electron chi connectivity index (χ4n) is 0.821. The normalized spacial score (nSPS) is 11.1. The largest absolute Gasteiger partial charge is 0.870 e. The van der Waals surface area contributed by atoms with Gasteiger partial charge in [0.05, 0.1) is 0 Å². The van der Waals surface area contributed by atoms with Crippen LogP contribution in [-0.2, 0) is 0 Å². The first-order valence-electron chi connectivity index (χ1n) is 3.85. The maximum Gasteiger partial charge on any atom is -0.870 e. The van der Waals surface area contributed by atoms with E-state index < -0.39 is 0 Å². The summed E-state index contributed by atoms with van der Waals surface area (Å²) >= 11 is 1.61. The molecule has 0 heterocycles. The molecule has 0 bridgehead atoms. The third-order valence-corrected chi connectivity index (χ3v) is 2.59. The van der Waals surface area contributed by atoms with Crippen molar-refractivity contribution >= 4 is 25.1 Å². The van der Waals surface area contributed by atoms with Crippen molar-refractivity contribution in [3.63, 3.8) is 0 Å². The van der Waals surface area contributed by atoms with Gasteiger partial charge < -0.3 is 11.0 Å². The van der Waals surface area contributed by atoms with E-state index in [0.29, 0.717) is 5.75 Å². The van der Waals surface area contributed by atoms with Gasteiger partial charge in [-0.3, -0.25) is 0 Å². The van der Waals surface area contributed by atoms with Crippen LogP contribution in [0.15, 0.2) is 29.2 Å². The average Bonchev–Trinajstić information content (AvgIpc) is 2.01. The summed E-state index contributed by atoms with van der Waals surface area (Å²) < 4.78 is 0. The van der Waals surface area contributed by atoms with Crippen LogP contribution in [-0.4, -0.2) is 35.8 Å². The Morgan fingerprint density at radius 1 is 1.43 bits per heavy atom. The summed E-state index contributed by atoms with van der Waals surface area (Å²) in [7, 11) is 5.59. The Morgan fingerprint density at radius 3 is 2.57 bits per heavy atom. The van der Waals surface area contributed by atoms with Crippen LogP contribution in [0.3, 0.4) is 0 Å². The molecule has 0 saturated carbocycles. The van der Waals surface area contributed by atoms with Crippen molar-refractivity contribution < 1.29 is 16.1 Å². The molecule has 0 amide bonds. The summed E-state index contributed by atoms with van der Waals surface area (Å²) in [5.41, 5.74) is 0.769. The Bertz CT molecular complexity index is 256. The number of rotatable bonds is 3. The Kier molecular flexibility index (Phi) is 8.98. The minimum atomic E-state index is -0.267. The van der Waals surface area contributed by atoms with Gasteiger partial charge in [0.1, 0.15) is 0 Å². The zero-order valence-electron chi connectivity index (χ0n) is 7.92. The average molecular weight is 212 g/mol. The minimum absolute atomic E-state index is 0. The van der Waals surface area contributed by atoms with Crippen molar-refractivity contribution in [3.8, 4) is 0 Å². The van der Waals surface area contributed by atoms with Crippen LogP contribution in [0.5, 0.6) is 0 Å². The van der Waals surface area contributed by atoms with Crippen molar-refractivity contribution in [2.45, 2.75) is 17.9 Å². The molecule has 5 heteroatoms. The molecule has 0 fully saturated rings. The fourth-order valence-corrected chi connectivity index (χ4v) is 1.65. The summed E-state index contributed by atoms with van der Waals surface area (Å²) in [5.74, 6) is 0.712. The van der Waals surface area contributed by atoms with Crippen LogP contribution in [0.4, 0.5) is 0 Å². The van der Waals surface area contributed by atoms with E-state index in [1.54, 1.807) is 18.7 Å². The molecule has 0 aliphatic rings. The van der Waals surface area contributed by atoms with E-state index in [1.165, 1.54) is 0 Å². The first kappa shape index (κ1) is 16.0. The standard InChI is InChI=1S/C9H11BOS.2H2O/c1-7(11)6-12-9-4-2-3-8(10)5-9;;/h2-5,7,11H,6H2,1H3;2*1H2/q+2;;/p-2. The summed E-state index contributed by atoms with van der Waals surface area (Å²) in [6.45, 7) is 1.78. The molecular formula is C9H13BO3S. The van der Waals surface area contributed by atoms with Gasteiger partial charge in [-0.2, -0.15) is 0 Å². The molecule has 1 unspecified atom stereocenters. The van der Waals surface area contributed by atoms with Gasteiger partial charge in [0.2, 0.25) is 0 Å². The maximum absolute atomic E-state index is 9.03.